The Balaban J connectivity index is 3.39. The molecule has 0 saturated carbocycles. The molecule has 0 spiro atoms. The number of unbranched alkanes of at least 4 members (excludes halogenated alkanes) is 38. The first kappa shape index (κ1) is 60.3. The number of carbonyl (C=O) groups excluding carboxylic acids is 2. The summed E-state index contributed by atoms with van der Waals surface area (Å²) in [5.74, 6) is -0.0709. The minimum atomic E-state index is -0.845. The molecule has 0 fully saturated rings. The highest BCUT2D eigenvalue weighted by molar-refractivity contribution is 5.76. The Morgan fingerprint density at radius 2 is 0.758 bits per heavy atom. The predicted molar refractivity (Wildman–Crippen MR) is 269 cm³/mol. The zero-order valence-electron chi connectivity index (χ0n) is 41.6. The van der Waals surface area contributed by atoms with Crippen molar-refractivity contribution in [3.05, 3.63) is 24.3 Å². The van der Waals surface area contributed by atoms with Crippen molar-refractivity contribution in [1.29, 1.82) is 0 Å². The van der Waals surface area contributed by atoms with Crippen LogP contribution in [0.2, 0.25) is 0 Å². The van der Waals surface area contributed by atoms with Gasteiger partial charge in [-0.2, -0.15) is 0 Å². The van der Waals surface area contributed by atoms with E-state index in [1.54, 1.807) is 6.08 Å². The summed E-state index contributed by atoms with van der Waals surface area (Å²) in [4.78, 5) is 24.4. The molecule has 0 aromatic heterocycles. The minimum Gasteiger partial charge on any atom is -0.466 e. The average Bonchev–Trinajstić information content (AvgIpc) is 3.27. The van der Waals surface area contributed by atoms with E-state index in [1.165, 1.54) is 225 Å². The van der Waals surface area contributed by atoms with Gasteiger partial charge in [-0.05, 0) is 57.8 Å². The molecule has 0 aliphatic carbocycles. The molecule has 62 heavy (non-hydrogen) atoms. The van der Waals surface area contributed by atoms with E-state index in [-0.39, 0.29) is 18.5 Å². The van der Waals surface area contributed by atoms with E-state index in [4.69, 9.17) is 4.74 Å². The summed E-state index contributed by atoms with van der Waals surface area (Å²) in [5.41, 5.74) is 0. The molecule has 366 valence electrons. The number of allylic oxidation sites excluding steroid dienone is 3. The van der Waals surface area contributed by atoms with E-state index < -0.39 is 12.1 Å². The van der Waals surface area contributed by atoms with Crippen molar-refractivity contribution in [3.63, 3.8) is 0 Å². The smallest absolute Gasteiger partial charge is 0.305 e. The summed E-state index contributed by atoms with van der Waals surface area (Å²) in [6, 6.07) is -0.629. The predicted octanol–water partition coefficient (Wildman–Crippen LogP) is 16.7. The van der Waals surface area contributed by atoms with Crippen molar-refractivity contribution in [2.45, 2.75) is 309 Å². The normalized spacial score (nSPS) is 12.8. The van der Waals surface area contributed by atoms with Crippen LogP contribution in [0.5, 0.6) is 0 Å². The molecule has 2 atom stereocenters. The molecule has 0 heterocycles. The van der Waals surface area contributed by atoms with Crippen molar-refractivity contribution >= 4 is 11.9 Å². The fourth-order valence-corrected chi connectivity index (χ4v) is 8.45. The molecule has 6 heteroatoms. The topological polar surface area (TPSA) is 95.9 Å². The maximum atomic E-state index is 12.4. The van der Waals surface area contributed by atoms with Crippen molar-refractivity contribution in [2.24, 2.45) is 0 Å². The maximum absolute atomic E-state index is 12.4. The van der Waals surface area contributed by atoms with Crippen LogP contribution in [0.15, 0.2) is 24.3 Å². The maximum Gasteiger partial charge on any atom is 0.305 e. The molecule has 0 aliphatic rings. The van der Waals surface area contributed by atoms with Crippen molar-refractivity contribution in [2.75, 3.05) is 13.2 Å². The lowest BCUT2D eigenvalue weighted by Crippen LogP contribution is -2.45. The molecule has 0 radical (unpaired) electrons. The van der Waals surface area contributed by atoms with Crippen LogP contribution in [0.3, 0.4) is 0 Å². The van der Waals surface area contributed by atoms with E-state index in [1.807, 2.05) is 6.08 Å². The summed E-state index contributed by atoms with van der Waals surface area (Å²) < 4.78 is 5.48. The quantitative estimate of drug-likeness (QED) is 0.0321. The van der Waals surface area contributed by atoms with Crippen molar-refractivity contribution < 1.29 is 24.5 Å². The number of nitrogens with one attached hydrogen (secondary N) is 1. The lowest BCUT2D eigenvalue weighted by atomic mass is 10.0. The lowest BCUT2D eigenvalue weighted by Gasteiger charge is -2.20. The first-order chi connectivity index (χ1) is 30.5. The number of ether oxygens (including phenoxy) is 1. The largest absolute Gasteiger partial charge is 0.466 e. The number of esters is 1. The third-order valence-corrected chi connectivity index (χ3v) is 12.7. The summed E-state index contributed by atoms with van der Waals surface area (Å²) in [6.07, 6.45) is 61.9. The van der Waals surface area contributed by atoms with Crippen LogP contribution in [0.25, 0.3) is 0 Å². The third kappa shape index (κ3) is 47.8. The van der Waals surface area contributed by atoms with Crippen molar-refractivity contribution in [3.8, 4) is 0 Å². The number of hydrogen-bond acceptors (Lipinski definition) is 5. The first-order valence-electron chi connectivity index (χ1n) is 27.6. The molecule has 6 nitrogen and oxygen atoms in total. The molecule has 0 aromatic rings. The molecule has 1 amide bonds. The van der Waals surface area contributed by atoms with Gasteiger partial charge in [-0.1, -0.05) is 250 Å². The second-order valence-electron chi connectivity index (χ2n) is 18.9. The average molecular weight is 874 g/mol. The molecule has 0 aliphatic heterocycles. The lowest BCUT2D eigenvalue weighted by molar-refractivity contribution is -0.143. The molecule has 0 rings (SSSR count). The Kier molecular flexibility index (Phi) is 50.6. The standard InChI is InChI=1S/C56H107NO5/c1-3-5-7-9-11-13-15-16-17-20-24-27-30-34-38-42-46-50-56(61)62-51-47-43-39-35-31-28-25-22-19-18-21-23-26-29-33-37-41-45-49-55(60)57-53(52-58)54(59)48-44-40-36-32-14-12-10-8-6-4-2/h16-17,44,48,53-54,58-59H,3-15,18-43,45-47,49-52H2,1-2H3,(H,57,60)/b17-16-,48-44+. The van der Waals surface area contributed by atoms with Gasteiger partial charge in [-0.25, -0.2) is 0 Å². The number of hydrogen-bond donors (Lipinski definition) is 3. The van der Waals surface area contributed by atoms with Gasteiger partial charge in [0.05, 0.1) is 25.4 Å². The van der Waals surface area contributed by atoms with Crippen LogP contribution in [0.4, 0.5) is 0 Å². The van der Waals surface area contributed by atoms with Crippen LogP contribution in [-0.2, 0) is 14.3 Å². The summed E-state index contributed by atoms with van der Waals surface area (Å²) in [5, 5.41) is 23.0. The zero-order chi connectivity index (χ0) is 45.1. The van der Waals surface area contributed by atoms with Crippen LogP contribution < -0.4 is 5.32 Å². The van der Waals surface area contributed by atoms with Gasteiger partial charge >= 0.3 is 5.97 Å². The number of aliphatic hydroxyl groups excluding tert-OH is 2. The highest BCUT2D eigenvalue weighted by Gasteiger charge is 2.18. The highest BCUT2D eigenvalue weighted by Crippen LogP contribution is 2.16. The summed E-state index contributed by atoms with van der Waals surface area (Å²) in [7, 11) is 0. The van der Waals surface area contributed by atoms with Crippen molar-refractivity contribution in [1.82, 2.24) is 5.32 Å². The third-order valence-electron chi connectivity index (χ3n) is 12.7. The Labute approximate surface area is 386 Å². The Morgan fingerprint density at radius 3 is 1.15 bits per heavy atom. The molecule has 2 unspecified atom stereocenters. The van der Waals surface area contributed by atoms with Gasteiger partial charge in [-0.15, -0.1) is 0 Å². The second kappa shape index (κ2) is 52.0. The number of aliphatic hydroxyl groups is 2. The first-order valence-corrected chi connectivity index (χ1v) is 27.6. The van der Waals surface area contributed by atoms with E-state index >= 15 is 0 Å². The molecule has 3 N–H and O–H groups in total. The molecule has 0 aromatic carbocycles. The Hall–Kier alpha value is -1.66. The van der Waals surface area contributed by atoms with Gasteiger partial charge in [0.15, 0.2) is 0 Å². The Morgan fingerprint density at radius 1 is 0.435 bits per heavy atom. The zero-order valence-corrected chi connectivity index (χ0v) is 41.6. The number of rotatable bonds is 51. The van der Waals surface area contributed by atoms with E-state index in [9.17, 15) is 19.8 Å². The van der Waals surface area contributed by atoms with Crippen LogP contribution >= 0.6 is 0 Å². The van der Waals surface area contributed by atoms with E-state index in [2.05, 4.69) is 31.3 Å². The van der Waals surface area contributed by atoms with Gasteiger partial charge in [0.2, 0.25) is 5.91 Å². The summed E-state index contributed by atoms with van der Waals surface area (Å²) >= 11 is 0. The molecular weight excluding hydrogens is 767 g/mol. The highest BCUT2D eigenvalue weighted by atomic mass is 16.5. The fourth-order valence-electron chi connectivity index (χ4n) is 8.45. The van der Waals surface area contributed by atoms with Gasteiger partial charge in [0, 0.05) is 12.8 Å². The van der Waals surface area contributed by atoms with Gasteiger partial charge < -0.3 is 20.3 Å². The number of amides is 1. The molecular formula is C56H107NO5. The van der Waals surface area contributed by atoms with E-state index in [0.717, 1.165) is 44.9 Å². The molecule has 0 bridgehead atoms. The van der Waals surface area contributed by atoms with Gasteiger partial charge in [-0.3, -0.25) is 9.59 Å². The fraction of sp³-hybridized carbons (Fsp3) is 0.893. The molecule has 0 saturated heterocycles. The Bertz CT molecular complexity index is 966. The van der Waals surface area contributed by atoms with Crippen LogP contribution in [0.1, 0.15) is 296 Å². The van der Waals surface area contributed by atoms with Crippen LogP contribution in [0, 0.1) is 0 Å². The minimum absolute atomic E-state index is 0.00289. The van der Waals surface area contributed by atoms with Crippen LogP contribution in [-0.4, -0.2) is 47.4 Å². The number of carbonyl (C=O) groups is 2. The SMILES string of the molecule is CCCCCCCC/C=C\CCCCCCCCCC(=O)OCCCCCCCCCCCCCCCCCCCCC(=O)NC(CO)C(O)/C=C/CCCCCCCCCC. The van der Waals surface area contributed by atoms with Gasteiger partial charge in [0.1, 0.15) is 0 Å². The van der Waals surface area contributed by atoms with Gasteiger partial charge in [0.25, 0.3) is 0 Å². The second-order valence-corrected chi connectivity index (χ2v) is 18.9. The monoisotopic (exact) mass is 874 g/mol. The van der Waals surface area contributed by atoms with E-state index in [0.29, 0.717) is 19.4 Å². The summed E-state index contributed by atoms with van der Waals surface area (Å²) in [6.45, 7) is 4.87.